The SMILES string of the molecule is CCCC(=O)N1N=C(c2cccc(NS(C)(=O)=O)c2)C[C@H]1c1ccc(OC)cc1OC. The Morgan fingerprint density at radius 2 is 1.97 bits per heavy atom. The monoisotopic (exact) mass is 445 g/mol. The van der Waals surface area contributed by atoms with Gasteiger partial charge in [-0.2, -0.15) is 5.10 Å². The molecule has 0 radical (unpaired) electrons. The number of methoxy groups -OCH3 is 2. The summed E-state index contributed by atoms with van der Waals surface area (Å²) in [6.45, 7) is 1.95. The van der Waals surface area contributed by atoms with Crippen LogP contribution in [-0.4, -0.2) is 45.5 Å². The molecule has 3 rings (SSSR count). The molecule has 0 saturated heterocycles. The van der Waals surface area contributed by atoms with Crippen molar-refractivity contribution in [1.82, 2.24) is 5.01 Å². The molecular weight excluding hydrogens is 418 g/mol. The zero-order valence-electron chi connectivity index (χ0n) is 18.1. The van der Waals surface area contributed by atoms with Crippen LogP contribution in [0.15, 0.2) is 47.6 Å². The molecule has 1 heterocycles. The lowest BCUT2D eigenvalue weighted by molar-refractivity contribution is -0.133. The summed E-state index contributed by atoms with van der Waals surface area (Å²) in [6.07, 6.45) is 2.66. The largest absolute Gasteiger partial charge is 0.497 e. The average Bonchev–Trinajstić information content (AvgIpc) is 3.18. The molecule has 0 bridgehead atoms. The molecule has 0 aromatic heterocycles. The van der Waals surface area contributed by atoms with E-state index in [2.05, 4.69) is 9.82 Å². The van der Waals surface area contributed by atoms with Crippen LogP contribution in [0, 0.1) is 0 Å². The third-order valence-corrected chi connectivity index (χ3v) is 5.53. The lowest BCUT2D eigenvalue weighted by Crippen LogP contribution is -2.27. The van der Waals surface area contributed by atoms with Gasteiger partial charge in [0, 0.05) is 30.2 Å². The van der Waals surface area contributed by atoms with Crippen LogP contribution in [0.3, 0.4) is 0 Å². The molecule has 1 atom stereocenters. The summed E-state index contributed by atoms with van der Waals surface area (Å²) in [4.78, 5) is 12.8. The first kappa shape index (κ1) is 22.6. The summed E-state index contributed by atoms with van der Waals surface area (Å²) < 4.78 is 36.5. The summed E-state index contributed by atoms with van der Waals surface area (Å²) in [5.74, 6) is 1.19. The molecule has 9 heteroatoms. The number of anilines is 1. The maximum absolute atomic E-state index is 12.8. The third kappa shape index (κ3) is 5.35. The molecule has 2 aromatic rings. The van der Waals surface area contributed by atoms with Gasteiger partial charge in [0.05, 0.1) is 32.2 Å². The highest BCUT2D eigenvalue weighted by atomic mass is 32.2. The fraction of sp³-hybridized carbons (Fsp3) is 0.364. The molecule has 8 nitrogen and oxygen atoms in total. The number of carbonyl (C=O) groups is 1. The molecule has 2 aromatic carbocycles. The summed E-state index contributed by atoms with van der Waals surface area (Å²) in [7, 11) is -0.241. The van der Waals surface area contributed by atoms with Gasteiger partial charge in [-0.05, 0) is 36.2 Å². The fourth-order valence-electron chi connectivity index (χ4n) is 3.56. The van der Waals surface area contributed by atoms with E-state index in [1.807, 2.05) is 25.1 Å². The van der Waals surface area contributed by atoms with Gasteiger partial charge in [-0.25, -0.2) is 13.4 Å². The normalized spacial score (nSPS) is 16.1. The highest BCUT2D eigenvalue weighted by Gasteiger charge is 2.34. The van der Waals surface area contributed by atoms with E-state index in [1.54, 1.807) is 38.5 Å². The first-order chi connectivity index (χ1) is 14.8. The first-order valence-corrected chi connectivity index (χ1v) is 11.8. The van der Waals surface area contributed by atoms with Crippen LogP contribution in [0.5, 0.6) is 11.5 Å². The second kappa shape index (κ2) is 9.38. The molecule has 0 saturated carbocycles. The molecule has 1 aliphatic heterocycles. The van der Waals surface area contributed by atoms with Gasteiger partial charge in [-0.3, -0.25) is 9.52 Å². The number of benzene rings is 2. The van der Waals surface area contributed by atoms with Crippen LogP contribution in [0.2, 0.25) is 0 Å². The molecule has 0 fully saturated rings. The number of nitrogens with zero attached hydrogens (tertiary/aromatic N) is 2. The van der Waals surface area contributed by atoms with E-state index in [0.29, 0.717) is 42.2 Å². The van der Waals surface area contributed by atoms with E-state index in [-0.39, 0.29) is 11.9 Å². The second-order valence-corrected chi connectivity index (χ2v) is 9.07. The van der Waals surface area contributed by atoms with E-state index < -0.39 is 10.0 Å². The smallest absolute Gasteiger partial charge is 0.243 e. The summed E-state index contributed by atoms with van der Waals surface area (Å²) in [5.41, 5.74) is 2.72. The minimum absolute atomic E-state index is 0.0780. The van der Waals surface area contributed by atoms with E-state index in [4.69, 9.17) is 9.47 Å². The van der Waals surface area contributed by atoms with E-state index in [9.17, 15) is 13.2 Å². The number of ether oxygens (including phenoxy) is 2. The zero-order valence-corrected chi connectivity index (χ0v) is 18.9. The predicted molar refractivity (Wildman–Crippen MR) is 120 cm³/mol. The summed E-state index contributed by atoms with van der Waals surface area (Å²) in [5, 5.41) is 6.14. The maximum Gasteiger partial charge on any atom is 0.243 e. The molecule has 1 N–H and O–H groups in total. The van der Waals surface area contributed by atoms with Crippen LogP contribution in [0.25, 0.3) is 0 Å². The zero-order chi connectivity index (χ0) is 22.6. The summed E-state index contributed by atoms with van der Waals surface area (Å²) >= 11 is 0. The lowest BCUT2D eigenvalue weighted by Gasteiger charge is -2.24. The van der Waals surface area contributed by atoms with Crippen molar-refractivity contribution in [2.45, 2.75) is 32.2 Å². The van der Waals surface area contributed by atoms with Crippen molar-refractivity contribution in [1.29, 1.82) is 0 Å². The van der Waals surface area contributed by atoms with Crippen molar-refractivity contribution in [2.75, 3.05) is 25.2 Å². The summed E-state index contributed by atoms with van der Waals surface area (Å²) in [6, 6.07) is 12.2. The quantitative estimate of drug-likeness (QED) is 0.670. The van der Waals surface area contributed by atoms with E-state index in [0.717, 1.165) is 17.4 Å². The van der Waals surface area contributed by atoms with Gasteiger partial charge < -0.3 is 9.47 Å². The Kier molecular flexibility index (Phi) is 6.84. The fourth-order valence-corrected chi connectivity index (χ4v) is 4.11. The van der Waals surface area contributed by atoms with Crippen molar-refractivity contribution in [2.24, 2.45) is 5.10 Å². The van der Waals surface area contributed by atoms with Crippen molar-refractivity contribution >= 4 is 27.3 Å². The lowest BCUT2D eigenvalue weighted by atomic mass is 9.97. The molecule has 31 heavy (non-hydrogen) atoms. The Balaban J connectivity index is 1.99. The van der Waals surface area contributed by atoms with Crippen molar-refractivity contribution < 1.29 is 22.7 Å². The minimum Gasteiger partial charge on any atom is -0.497 e. The molecule has 0 unspecified atom stereocenters. The highest BCUT2D eigenvalue weighted by Crippen LogP contribution is 2.39. The number of hydrogen-bond donors (Lipinski definition) is 1. The number of hydrazone groups is 1. The molecule has 0 aliphatic carbocycles. The van der Waals surface area contributed by atoms with Crippen LogP contribution in [0.4, 0.5) is 5.69 Å². The molecule has 166 valence electrons. The number of carbonyl (C=O) groups excluding carboxylic acids is 1. The average molecular weight is 446 g/mol. The minimum atomic E-state index is -3.40. The number of sulfonamides is 1. The van der Waals surface area contributed by atoms with Gasteiger partial charge in [-0.1, -0.05) is 19.1 Å². The van der Waals surface area contributed by atoms with Gasteiger partial charge in [0.15, 0.2) is 0 Å². The van der Waals surface area contributed by atoms with E-state index >= 15 is 0 Å². The first-order valence-electron chi connectivity index (χ1n) is 9.95. The van der Waals surface area contributed by atoms with Crippen LogP contribution >= 0.6 is 0 Å². The Bertz CT molecular complexity index is 1100. The van der Waals surface area contributed by atoms with E-state index in [1.165, 1.54) is 5.01 Å². The third-order valence-electron chi connectivity index (χ3n) is 4.93. The Labute approximate surface area is 182 Å². The molecule has 1 amide bonds. The maximum atomic E-state index is 12.8. The van der Waals surface area contributed by atoms with Gasteiger partial charge in [-0.15, -0.1) is 0 Å². The number of amides is 1. The van der Waals surface area contributed by atoms with Crippen molar-refractivity contribution in [3.63, 3.8) is 0 Å². The van der Waals surface area contributed by atoms with Gasteiger partial charge in [0.2, 0.25) is 15.9 Å². The topological polar surface area (TPSA) is 97.3 Å². The molecular formula is C22H27N3O5S. The van der Waals surface area contributed by atoms with Crippen molar-refractivity contribution in [3.8, 4) is 11.5 Å². The molecule has 0 spiro atoms. The number of rotatable bonds is 8. The van der Waals surface area contributed by atoms with Crippen LogP contribution in [-0.2, 0) is 14.8 Å². The highest BCUT2D eigenvalue weighted by molar-refractivity contribution is 7.92. The van der Waals surface area contributed by atoms with Crippen LogP contribution in [0.1, 0.15) is 43.4 Å². The number of hydrogen-bond acceptors (Lipinski definition) is 6. The molecule has 1 aliphatic rings. The predicted octanol–water partition coefficient (Wildman–Crippen LogP) is 3.55. The van der Waals surface area contributed by atoms with Gasteiger partial charge in [0.25, 0.3) is 0 Å². The van der Waals surface area contributed by atoms with Crippen LogP contribution < -0.4 is 14.2 Å². The van der Waals surface area contributed by atoms with Gasteiger partial charge >= 0.3 is 0 Å². The second-order valence-electron chi connectivity index (χ2n) is 7.32. The number of nitrogens with one attached hydrogen (secondary N) is 1. The Morgan fingerprint density at radius 3 is 2.61 bits per heavy atom. The Hall–Kier alpha value is -3.07. The van der Waals surface area contributed by atoms with Crippen molar-refractivity contribution in [3.05, 3.63) is 53.6 Å². The Morgan fingerprint density at radius 1 is 1.19 bits per heavy atom. The standard InChI is InChI=1S/C22H27N3O5S/c1-5-7-22(26)25-20(18-11-10-17(29-2)13-21(18)30-3)14-19(23-25)15-8-6-9-16(12-15)24-31(4,27)28/h6,8-13,20,24H,5,7,14H2,1-4H3/t20-/m0/s1. The van der Waals surface area contributed by atoms with Gasteiger partial charge in [0.1, 0.15) is 11.5 Å².